The second-order valence-corrected chi connectivity index (χ2v) is 6.35. The van der Waals surface area contributed by atoms with Gasteiger partial charge in [0.1, 0.15) is 0 Å². The zero-order valence-electron chi connectivity index (χ0n) is 13.8. The van der Waals surface area contributed by atoms with Crippen molar-refractivity contribution in [1.82, 2.24) is 9.47 Å². The number of anilines is 1. The summed E-state index contributed by atoms with van der Waals surface area (Å²) >= 11 is 0. The number of nitriles is 1. The van der Waals surface area contributed by atoms with Gasteiger partial charge in [-0.2, -0.15) is 5.26 Å². The lowest BCUT2D eigenvalue weighted by atomic mass is 10.1. The summed E-state index contributed by atoms with van der Waals surface area (Å²) in [7, 11) is 2.18. The molecule has 0 atom stereocenters. The maximum Gasteiger partial charge on any atom is 0.0992 e. The largest absolute Gasteiger partial charge is 0.368 e. The van der Waals surface area contributed by atoms with E-state index in [4.69, 9.17) is 5.26 Å². The SMILES string of the molecule is CN1CCN(c2cccc3c2ccn3-c2cccc(C#N)c2)CC1. The minimum atomic E-state index is 0.685. The molecule has 1 aromatic heterocycles. The average molecular weight is 316 g/mol. The number of fused-ring (bicyclic) bond motifs is 1. The third-order valence-corrected chi connectivity index (χ3v) is 4.81. The molecule has 0 amide bonds. The molecule has 120 valence electrons. The maximum absolute atomic E-state index is 9.14. The molecule has 4 heteroatoms. The van der Waals surface area contributed by atoms with E-state index in [9.17, 15) is 0 Å². The number of hydrogen-bond acceptors (Lipinski definition) is 3. The number of benzene rings is 2. The van der Waals surface area contributed by atoms with Crippen LogP contribution in [0.1, 0.15) is 5.56 Å². The predicted molar refractivity (Wildman–Crippen MR) is 97.7 cm³/mol. The van der Waals surface area contributed by atoms with Gasteiger partial charge in [0.15, 0.2) is 0 Å². The molecule has 24 heavy (non-hydrogen) atoms. The monoisotopic (exact) mass is 316 g/mol. The summed E-state index contributed by atoms with van der Waals surface area (Å²) in [4.78, 5) is 4.84. The van der Waals surface area contributed by atoms with E-state index in [1.165, 1.54) is 16.6 Å². The molecule has 3 aromatic rings. The van der Waals surface area contributed by atoms with E-state index in [0.717, 1.165) is 31.9 Å². The minimum absolute atomic E-state index is 0.685. The Bertz CT molecular complexity index is 911. The quantitative estimate of drug-likeness (QED) is 0.728. The van der Waals surface area contributed by atoms with E-state index in [1.807, 2.05) is 24.3 Å². The average Bonchev–Trinajstić information content (AvgIpc) is 3.07. The molecule has 2 heterocycles. The zero-order valence-corrected chi connectivity index (χ0v) is 13.8. The van der Waals surface area contributed by atoms with Crippen LogP contribution in [0.2, 0.25) is 0 Å². The van der Waals surface area contributed by atoms with Gasteiger partial charge >= 0.3 is 0 Å². The molecular weight excluding hydrogens is 296 g/mol. The molecule has 1 aliphatic rings. The molecule has 0 bridgehead atoms. The first kappa shape index (κ1) is 14.8. The highest BCUT2D eigenvalue weighted by molar-refractivity contribution is 5.94. The van der Waals surface area contributed by atoms with Gasteiger partial charge in [-0.25, -0.2) is 0 Å². The first-order valence-electron chi connectivity index (χ1n) is 8.30. The van der Waals surface area contributed by atoms with Crippen molar-refractivity contribution >= 4 is 16.6 Å². The van der Waals surface area contributed by atoms with Crippen molar-refractivity contribution in [3.63, 3.8) is 0 Å². The molecule has 1 saturated heterocycles. The topological polar surface area (TPSA) is 35.2 Å². The third kappa shape index (κ3) is 2.53. The molecule has 0 N–H and O–H groups in total. The summed E-state index contributed by atoms with van der Waals surface area (Å²) < 4.78 is 2.16. The second kappa shape index (κ2) is 6.03. The Labute approximate surface area is 142 Å². The zero-order chi connectivity index (χ0) is 16.5. The van der Waals surface area contributed by atoms with Crippen molar-refractivity contribution < 1.29 is 0 Å². The van der Waals surface area contributed by atoms with Crippen molar-refractivity contribution in [2.24, 2.45) is 0 Å². The fourth-order valence-corrected chi connectivity index (χ4v) is 3.42. The van der Waals surface area contributed by atoms with E-state index in [0.29, 0.717) is 5.56 Å². The van der Waals surface area contributed by atoms with Gasteiger partial charge in [0.05, 0.1) is 17.1 Å². The molecular formula is C20H20N4. The maximum atomic E-state index is 9.14. The summed E-state index contributed by atoms with van der Waals surface area (Å²) in [6.07, 6.45) is 2.10. The van der Waals surface area contributed by atoms with Gasteiger partial charge in [0, 0.05) is 49.1 Å². The lowest BCUT2D eigenvalue weighted by molar-refractivity contribution is 0.313. The Hall–Kier alpha value is -2.77. The molecule has 0 aliphatic carbocycles. The van der Waals surface area contributed by atoms with Crippen molar-refractivity contribution in [2.45, 2.75) is 0 Å². The predicted octanol–water partition coefficient (Wildman–Crippen LogP) is 3.25. The van der Waals surface area contributed by atoms with Crippen LogP contribution in [0, 0.1) is 11.3 Å². The molecule has 0 radical (unpaired) electrons. The van der Waals surface area contributed by atoms with Crippen LogP contribution in [0.5, 0.6) is 0 Å². The highest BCUT2D eigenvalue weighted by Crippen LogP contribution is 2.30. The van der Waals surface area contributed by atoms with Crippen LogP contribution in [-0.2, 0) is 0 Å². The normalized spacial score (nSPS) is 15.6. The van der Waals surface area contributed by atoms with Crippen LogP contribution in [0.3, 0.4) is 0 Å². The summed E-state index contributed by atoms with van der Waals surface area (Å²) in [5, 5.41) is 10.4. The van der Waals surface area contributed by atoms with Crippen LogP contribution in [-0.4, -0.2) is 42.7 Å². The fraction of sp³-hybridized carbons (Fsp3) is 0.250. The first-order chi connectivity index (χ1) is 11.8. The Balaban J connectivity index is 1.78. The molecule has 2 aromatic carbocycles. The number of aromatic nitrogens is 1. The number of rotatable bonds is 2. The van der Waals surface area contributed by atoms with Crippen LogP contribution in [0.15, 0.2) is 54.7 Å². The summed E-state index contributed by atoms with van der Waals surface area (Å²) in [5.41, 5.74) is 4.20. The number of nitrogens with zero attached hydrogens (tertiary/aromatic N) is 4. The van der Waals surface area contributed by atoms with Crippen LogP contribution in [0.25, 0.3) is 16.6 Å². The van der Waals surface area contributed by atoms with Gasteiger partial charge in [-0.1, -0.05) is 12.1 Å². The number of hydrogen-bond donors (Lipinski definition) is 0. The van der Waals surface area contributed by atoms with E-state index >= 15 is 0 Å². The standard InChI is InChI=1S/C20H20N4/c1-22-10-12-23(13-11-22)19-6-3-7-20-18(19)8-9-24(20)17-5-2-4-16(14-17)15-21/h2-9,14H,10-13H2,1H3. The Morgan fingerprint density at radius 1 is 0.958 bits per heavy atom. The fourth-order valence-electron chi connectivity index (χ4n) is 3.42. The van der Waals surface area contributed by atoms with Crippen molar-refractivity contribution in [3.8, 4) is 11.8 Å². The van der Waals surface area contributed by atoms with E-state index in [1.54, 1.807) is 0 Å². The summed E-state index contributed by atoms with van der Waals surface area (Å²) in [6, 6.07) is 18.6. The van der Waals surface area contributed by atoms with E-state index in [-0.39, 0.29) is 0 Å². The molecule has 4 rings (SSSR count). The van der Waals surface area contributed by atoms with E-state index < -0.39 is 0 Å². The van der Waals surface area contributed by atoms with Gasteiger partial charge in [0.2, 0.25) is 0 Å². The lowest BCUT2D eigenvalue weighted by Crippen LogP contribution is -2.44. The van der Waals surface area contributed by atoms with Crippen LogP contribution in [0.4, 0.5) is 5.69 Å². The van der Waals surface area contributed by atoms with Gasteiger partial charge in [-0.15, -0.1) is 0 Å². The third-order valence-electron chi connectivity index (χ3n) is 4.81. The van der Waals surface area contributed by atoms with Crippen LogP contribution >= 0.6 is 0 Å². The number of piperazine rings is 1. The van der Waals surface area contributed by atoms with Crippen LogP contribution < -0.4 is 4.90 Å². The molecule has 0 unspecified atom stereocenters. The van der Waals surface area contributed by atoms with Gasteiger partial charge in [0.25, 0.3) is 0 Å². The highest BCUT2D eigenvalue weighted by Gasteiger charge is 2.17. The highest BCUT2D eigenvalue weighted by atomic mass is 15.2. The molecule has 1 fully saturated rings. The lowest BCUT2D eigenvalue weighted by Gasteiger charge is -2.34. The second-order valence-electron chi connectivity index (χ2n) is 6.35. The van der Waals surface area contributed by atoms with Gasteiger partial charge in [-0.05, 0) is 43.4 Å². The number of likely N-dealkylation sites (N-methyl/N-ethyl adjacent to an activating group) is 1. The minimum Gasteiger partial charge on any atom is -0.368 e. The summed E-state index contributed by atoms with van der Waals surface area (Å²) in [5.74, 6) is 0. The van der Waals surface area contributed by atoms with Crippen molar-refractivity contribution in [2.75, 3.05) is 38.1 Å². The van der Waals surface area contributed by atoms with Crippen molar-refractivity contribution in [1.29, 1.82) is 5.26 Å². The molecule has 0 saturated carbocycles. The van der Waals surface area contributed by atoms with Gasteiger partial charge in [-0.3, -0.25) is 0 Å². The Morgan fingerprint density at radius 3 is 2.54 bits per heavy atom. The Kier molecular flexibility index (Phi) is 3.72. The van der Waals surface area contributed by atoms with Crippen molar-refractivity contribution in [3.05, 3.63) is 60.3 Å². The smallest absolute Gasteiger partial charge is 0.0992 e. The molecule has 0 spiro atoms. The van der Waals surface area contributed by atoms with E-state index in [2.05, 4.69) is 57.9 Å². The Morgan fingerprint density at radius 2 is 1.75 bits per heavy atom. The summed E-state index contributed by atoms with van der Waals surface area (Å²) in [6.45, 7) is 4.32. The molecule has 4 nitrogen and oxygen atoms in total. The van der Waals surface area contributed by atoms with Gasteiger partial charge < -0.3 is 14.4 Å². The first-order valence-corrected chi connectivity index (χ1v) is 8.30. The molecule has 1 aliphatic heterocycles.